The molecule has 6 aliphatic carbocycles. The summed E-state index contributed by atoms with van der Waals surface area (Å²) in [4.78, 5) is 0. The molecule has 2 heteroatoms. The highest BCUT2D eigenvalue weighted by molar-refractivity contribution is 7.08. The quantitative estimate of drug-likeness (QED) is 0.519. The van der Waals surface area contributed by atoms with E-state index in [4.69, 9.17) is 11.5 Å². The summed E-state index contributed by atoms with van der Waals surface area (Å²) in [5.74, 6) is 7.00. The predicted octanol–water partition coefficient (Wildman–Crippen LogP) is 6.36. The number of rotatable bonds is 2. The summed E-state index contributed by atoms with van der Waals surface area (Å²) in [7, 11) is 0. The summed E-state index contributed by atoms with van der Waals surface area (Å²) in [5, 5.41) is 0. The van der Waals surface area contributed by atoms with Crippen LogP contribution in [0.5, 0.6) is 0 Å². The van der Waals surface area contributed by atoms with E-state index in [9.17, 15) is 0 Å². The first-order chi connectivity index (χ1) is 10.2. The maximum atomic E-state index is 7.19. The number of hydrogen-bond donors (Lipinski definition) is 0. The molecule has 124 valence electrons. The Kier molecular flexibility index (Phi) is 3.39. The van der Waals surface area contributed by atoms with Crippen LogP contribution in [0, 0.1) is 46.3 Å². The molecule has 4 bridgehead atoms. The molecule has 6 aliphatic rings. The van der Waals surface area contributed by atoms with Gasteiger partial charge >= 0.3 is 0 Å². The fraction of sp³-hybridized carbons (Fsp3) is 1.00. The van der Waals surface area contributed by atoms with Crippen molar-refractivity contribution in [3.63, 3.8) is 0 Å². The summed E-state index contributed by atoms with van der Waals surface area (Å²) in [5.41, 5.74) is 1.18. The molecule has 6 rings (SSSR count). The van der Waals surface area contributed by atoms with Crippen LogP contribution in [0.2, 0.25) is 11.6 Å². The van der Waals surface area contributed by atoms with E-state index >= 15 is 0 Å². The maximum absolute atomic E-state index is 7.19. The van der Waals surface area contributed by atoms with Crippen molar-refractivity contribution in [3.8, 4) is 0 Å². The van der Waals surface area contributed by atoms with Crippen LogP contribution >= 0.6 is 11.5 Å². The lowest BCUT2D eigenvalue weighted by atomic mass is 9.30. The molecule has 0 aromatic carbocycles. The molecule has 0 amide bonds. The van der Waals surface area contributed by atoms with Gasteiger partial charge in [0.15, 0.2) is 0 Å². The molecule has 8 atom stereocenters. The van der Waals surface area contributed by atoms with Gasteiger partial charge in [0.1, 0.15) is 0 Å². The van der Waals surface area contributed by atoms with E-state index in [1.165, 1.54) is 25.7 Å². The monoisotopic (exact) mass is 320 g/mol. The average molecular weight is 321 g/mol. The van der Waals surface area contributed by atoms with Gasteiger partial charge in [0.05, 0.1) is 0 Å². The fourth-order valence-electron chi connectivity index (χ4n) is 7.54. The Bertz CT molecular complexity index is 428. The second kappa shape index (κ2) is 4.71. The van der Waals surface area contributed by atoms with Crippen LogP contribution < -0.4 is 0 Å². The molecule has 0 radical (unpaired) electrons. The van der Waals surface area contributed by atoms with E-state index in [0.29, 0.717) is 17.0 Å². The summed E-state index contributed by atoms with van der Waals surface area (Å²) in [6.07, 6.45) is 6.20. The number of fused-ring (bicyclic) bond motifs is 4. The minimum Gasteiger partial charge on any atom is -0.195 e. The first kappa shape index (κ1) is 15.9. The summed E-state index contributed by atoms with van der Waals surface area (Å²) < 4.78 is 0. The summed E-state index contributed by atoms with van der Waals surface area (Å²) in [6, 6.07) is 0. The summed E-state index contributed by atoms with van der Waals surface area (Å²) in [6.45, 7) is 15.0. The highest BCUT2D eigenvalue weighted by atomic mass is 35.5. The molecule has 0 spiro atoms. The molecule has 0 saturated heterocycles. The lowest BCUT2D eigenvalue weighted by Crippen LogP contribution is -2.58. The number of hydrogen-bond acceptors (Lipinski definition) is 0. The molecule has 0 nitrogen and oxygen atoms in total. The Hall–Kier alpha value is 0.355. The van der Waals surface area contributed by atoms with Crippen LogP contribution in [0.4, 0.5) is 0 Å². The molecule has 0 unspecified atom stereocenters. The van der Waals surface area contributed by atoms with Gasteiger partial charge in [-0.1, -0.05) is 54.4 Å². The minimum atomic E-state index is 0.438. The van der Waals surface area contributed by atoms with E-state index in [1.54, 1.807) is 0 Å². The lowest BCUT2D eigenvalue weighted by molar-refractivity contribution is -0.106. The van der Waals surface area contributed by atoms with Crippen LogP contribution in [-0.4, -0.2) is 6.13 Å². The van der Waals surface area contributed by atoms with E-state index in [0.717, 1.165) is 47.1 Å². The second-order valence-corrected chi connectivity index (χ2v) is 11.2. The molecular formula is C20H34BCl. The van der Waals surface area contributed by atoms with Gasteiger partial charge in [0, 0.05) is 0 Å². The Morgan fingerprint density at radius 1 is 0.727 bits per heavy atom. The Labute approximate surface area is 143 Å². The molecule has 0 aromatic heterocycles. The second-order valence-electron chi connectivity index (χ2n) is 10.7. The van der Waals surface area contributed by atoms with Crippen LogP contribution in [0.3, 0.4) is 0 Å². The van der Waals surface area contributed by atoms with Crippen LogP contribution in [0.1, 0.15) is 67.2 Å². The first-order valence-corrected chi connectivity index (χ1v) is 10.2. The van der Waals surface area contributed by atoms with Gasteiger partial charge in [-0.25, -0.2) is 0 Å². The highest BCUT2D eigenvalue weighted by Crippen LogP contribution is 2.69. The molecule has 22 heavy (non-hydrogen) atoms. The van der Waals surface area contributed by atoms with Crippen LogP contribution in [-0.2, 0) is 0 Å². The van der Waals surface area contributed by atoms with E-state index < -0.39 is 0 Å². The number of halogens is 1. The van der Waals surface area contributed by atoms with Crippen molar-refractivity contribution in [2.45, 2.75) is 78.9 Å². The van der Waals surface area contributed by atoms with Crippen molar-refractivity contribution < 1.29 is 0 Å². The Balaban J connectivity index is 1.49. The molecule has 0 aliphatic heterocycles. The predicted molar refractivity (Wildman–Crippen MR) is 97.4 cm³/mol. The third kappa shape index (κ3) is 1.84. The van der Waals surface area contributed by atoms with Gasteiger partial charge in [0.25, 0.3) is 6.13 Å². The zero-order chi connectivity index (χ0) is 16.0. The standard InChI is InChI=1S/C20H34BCl/c1-11-15-7-13(19(15,3)4)9-17(11)21(22)18-10-14-8-16(12(18)2)20(14,5)6/h11-18H,7-10H2,1-6H3/t11-,12-,13+,14+,15-,16+,17-,18+/m0/s1. The van der Waals surface area contributed by atoms with Gasteiger partial charge in [-0.2, -0.15) is 11.5 Å². The highest BCUT2D eigenvalue weighted by Gasteiger charge is 2.62. The van der Waals surface area contributed by atoms with Gasteiger partial charge in [0.2, 0.25) is 0 Å². The third-order valence-corrected chi connectivity index (χ3v) is 10.3. The fourth-order valence-corrected chi connectivity index (χ4v) is 8.20. The van der Waals surface area contributed by atoms with Crippen molar-refractivity contribution >= 4 is 17.6 Å². The van der Waals surface area contributed by atoms with Crippen molar-refractivity contribution in [2.75, 3.05) is 0 Å². The van der Waals surface area contributed by atoms with E-state index in [2.05, 4.69) is 41.5 Å². The van der Waals surface area contributed by atoms with E-state index in [1.807, 2.05) is 0 Å². The molecule has 0 aromatic rings. The lowest BCUT2D eigenvalue weighted by Gasteiger charge is -2.65. The Morgan fingerprint density at radius 3 is 1.36 bits per heavy atom. The zero-order valence-electron chi connectivity index (χ0n) is 15.4. The van der Waals surface area contributed by atoms with Crippen molar-refractivity contribution in [1.82, 2.24) is 0 Å². The van der Waals surface area contributed by atoms with E-state index in [-0.39, 0.29) is 0 Å². The minimum absolute atomic E-state index is 0.438. The van der Waals surface area contributed by atoms with Crippen molar-refractivity contribution in [2.24, 2.45) is 46.3 Å². The SMILES string of the molecule is C[C@@H]1[C@@H](B(Cl)[C@@H]2C[C@H]3C[C@H]([C@@H]2C)C3(C)C)C[C@H]2C[C@@H]1C2(C)C. The largest absolute Gasteiger partial charge is 0.257 e. The Morgan fingerprint density at radius 2 is 1.09 bits per heavy atom. The normalized spacial score (nSPS) is 54.1. The van der Waals surface area contributed by atoms with Gasteiger partial charge in [-0.05, 0) is 70.8 Å². The molecule has 0 N–H and O–H groups in total. The zero-order valence-corrected chi connectivity index (χ0v) is 16.2. The van der Waals surface area contributed by atoms with Gasteiger partial charge in [-0.3, -0.25) is 0 Å². The smallest absolute Gasteiger partial charge is 0.195 e. The molecular weight excluding hydrogens is 286 g/mol. The van der Waals surface area contributed by atoms with Gasteiger partial charge in [-0.15, -0.1) is 0 Å². The van der Waals surface area contributed by atoms with Crippen LogP contribution in [0.25, 0.3) is 0 Å². The average Bonchev–Trinajstić information content (AvgIpc) is 2.45. The topological polar surface area (TPSA) is 0 Å². The third-order valence-electron chi connectivity index (χ3n) is 9.64. The van der Waals surface area contributed by atoms with Crippen LogP contribution in [0.15, 0.2) is 0 Å². The maximum Gasteiger partial charge on any atom is 0.257 e. The molecule has 6 fully saturated rings. The van der Waals surface area contributed by atoms with Gasteiger partial charge < -0.3 is 0 Å². The summed E-state index contributed by atoms with van der Waals surface area (Å²) >= 11 is 7.19. The first-order valence-electron chi connectivity index (χ1n) is 9.79. The molecule has 0 heterocycles. The molecule has 6 saturated carbocycles. The van der Waals surface area contributed by atoms with Crippen molar-refractivity contribution in [3.05, 3.63) is 0 Å². The van der Waals surface area contributed by atoms with Crippen molar-refractivity contribution in [1.29, 1.82) is 0 Å².